The van der Waals surface area contributed by atoms with Crippen molar-refractivity contribution in [1.82, 2.24) is 9.97 Å². The maximum atomic E-state index is 4.81. The van der Waals surface area contributed by atoms with Crippen molar-refractivity contribution in [2.24, 2.45) is 0 Å². The number of nitrogens with zero attached hydrogens (tertiary/aromatic N) is 2. The summed E-state index contributed by atoms with van der Waals surface area (Å²) < 4.78 is 0. The lowest BCUT2D eigenvalue weighted by molar-refractivity contribution is 1.33. The Kier molecular flexibility index (Phi) is 3.00. The van der Waals surface area contributed by atoms with Gasteiger partial charge in [0.25, 0.3) is 6.71 Å². The molecule has 0 aliphatic carbocycles. The van der Waals surface area contributed by atoms with Crippen LogP contribution >= 0.6 is 0 Å². The van der Waals surface area contributed by atoms with Crippen molar-refractivity contribution < 1.29 is 0 Å². The van der Waals surface area contributed by atoms with Gasteiger partial charge < -0.3 is 0 Å². The summed E-state index contributed by atoms with van der Waals surface area (Å²) in [5.41, 5.74) is 5.88. The van der Waals surface area contributed by atoms with Crippen LogP contribution in [0.5, 0.6) is 0 Å². The fourth-order valence-corrected chi connectivity index (χ4v) is 4.52. The predicted octanol–water partition coefficient (Wildman–Crippen LogP) is 3.28. The molecular weight excluding hydrogens is 327 g/mol. The van der Waals surface area contributed by atoms with E-state index < -0.39 is 0 Å². The number of pyridine rings is 2. The highest BCUT2D eigenvalue weighted by Crippen LogP contribution is 2.25. The zero-order chi connectivity index (χ0) is 17.8. The molecule has 0 saturated carbocycles. The van der Waals surface area contributed by atoms with Gasteiger partial charge in [0.2, 0.25) is 0 Å². The molecule has 0 atom stereocenters. The molecule has 0 amide bonds. The molecule has 2 nitrogen and oxygen atoms in total. The number of hydrogen-bond donors (Lipinski definition) is 0. The maximum absolute atomic E-state index is 4.81. The summed E-state index contributed by atoms with van der Waals surface area (Å²) >= 11 is 0. The summed E-state index contributed by atoms with van der Waals surface area (Å²) in [6.07, 6.45) is 3.77. The number of fused-ring (bicyclic) bond motifs is 5. The number of hydrogen-bond acceptors (Lipinski definition) is 2. The Balaban J connectivity index is 1.80. The van der Waals surface area contributed by atoms with Crippen LogP contribution in [0.3, 0.4) is 0 Å². The lowest BCUT2D eigenvalue weighted by Gasteiger charge is -2.16. The average molecular weight is 342 g/mol. The van der Waals surface area contributed by atoms with Gasteiger partial charge in [0.1, 0.15) is 0 Å². The van der Waals surface area contributed by atoms with E-state index in [1.54, 1.807) is 0 Å². The smallest absolute Gasteiger partial charge is 0.269 e. The monoisotopic (exact) mass is 342 g/mol. The second kappa shape index (κ2) is 5.52. The average Bonchev–Trinajstić information content (AvgIpc) is 3.06. The van der Waals surface area contributed by atoms with Gasteiger partial charge in [-0.15, -0.1) is 0 Å². The lowest BCUT2D eigenvalue weighted by atomic mass is 9.39. The maximum Gasteiger partial charge on any atom is 0.269 e. The lowest BCUT2D eigenvalue weighted by Crippen LogP contribution is -2.50. The fraction of sp³-hybridized carbons (Fsp3) is 0. The third-order valence-corrected chi connectivity index (χ3v) is 5.62. The second-order valence-corrected chi connectivity index (χ2v) is 7.04. The van der Waals surface area contributed by atoms with Gasteiger partial charge in [0.15, 0.2) is 0 Å². The molecule has 0 radical (unpaired) electrons. The first-order chi connectivity index (χ1) is 13.4. The Hall–Kier alpha value is -3.46. The molecule has 0 N–H and O–H groups in total. The van der Waals surface area contributed by atoms with Crippen LogP contribution in [0.2, 0.25) is 0 Å². The summed E-state index contributed by atoms with van der Waals surface area (Å²) in [5, 5.41) is 5.10. The summed E-state index contributed by atoms with van der Waals surface area (Å²) in [6, 6.07) is 28.0. The first kappa shape index (κ1) is 14.7. The molecule has 6 rings (SSSR count). The van der Waals surface area contributed by atoms with Gasteiger partial charge in [-0.2, -0.15) is 0 Å². The highest BCUT2D eigenvalue weighted by Gasteiger charge is 2.37. The molecule has 0 bridgehead atoms. The van der Waals surface area contributed by atoms with Crippen molar-refractivity contribution >= 4 is 44.8 Å². The standard InChI is InChI=1S/C24H15BN2/c1-3-9-18-16(7-1)15-17-8-2-4-10-19(17)22(18)25-21-12-6-13-26-23(21)20-11-5-14-27-24(20)25/h1-15H. The highest BCUT2D eigenvalue weighted by atomic mass is 14.7. The first-order valence-electron chi connectivity index (χ1n) is 9.22. The van der Waals surface area contributed by atoms with E-state index in [1.807, 2.05) is 24.5 Å². The van der Waals surface area contributed by atoms with Crippen molar-refractivity contribution in [3.63, 3.8) is 0 Å². The molecule has 5 aromatic rings. The minimum absolute atomic E-state index is 0.0981. The van der Waals surface area contributed by atoms with Gasteiger partial charge in [-0.25, -0.2) is 0 Å². The van der Waals surface area contributed by atoms with Crippen LogP contribution < -0.4 is 16.5 Å². The van der Waals surface area contributed by atoms with E-state index in [1.165, 1.54) is 32.5 Å². The molecule has 0 fully saturated rings. The molecule has 1 aliphatic heterocycles. The molecule has 124 valence electrons. The Bertz CT molecular complexity index is 1240. The molecular formula is C24H15BN2. The van der Waals surface area contributed by atoms with Crippen molar-refractivity contribution in [3.05, 3.63) is 91.3 Å². The van der Waals surface area contributed by atoms with Gasteiger partial charge in [0, 0.05) is 23.6 Å². The first-order valence-corrected chi connectivity index (χ1v) is 9.22. The molecule has 3 aromatic carbocycles. The van der Waals surface area contributed by atoms with Crippen LogP contribution in [0.25, 0.3) is 32.8 Å². The van der Waals surface area contributed by atoms with Crippen LogP contribution in [0.1, 0.15) is 0 Å². The summed E-state index contributed by atoms with van der Waals surface area (Å²) in [4.78, 5) is 9.50. The van der Waals surface area contributed by atoms with E-state index in [0.717, 1.165) is 16.9 Å². The van der Waals surface area contributed by atoms with E-state index in [0.29, 0.717) is 0 Å². The molecule has 0 saturated heterocycles. The van der Waals surface area contributed by atoms with Crippen LogP contribution in [-0.2, 0) is 0 Å². The summed E-state index contributed by atoms with van der Waals surface area (Å²) in [7, 11) is 0. The fourth-order valence-electron chi connectivity index (χ4n) is 4.52. The number of rotatable bonds is 1. The van der Waals surface area contributed by atoms with Gasteiger partial charge in [-0.3, -0.25) is 9.97 Å². The van der Waals surface area contributed by atoms with E-state index >= 15 is 0 Å². The zero-order valence-corrected chi connectivity index (χ0v) is 14.6. The minimum atomic E-state index is 0.0981. The Morgan fingerprint density at radius 2 is 1.30 bits per heavy atom. The van der Waals surface area contributed by atoms with Gasteiger partial charge >= 0.3 is 0 Å². The van der Waals surface area contributed by atoms with E-state index in [9.17, 15) is 0 Å². The van der Waals surface area contributed by atoms with Crippen molar-refractivity contribution in [2.75, 3.05) is 0 Å². The zero-order valence-electron chi connectivity index (χ0n) is 14.6. The van der Waals surface area contributed by atoms with Gasteiger partial charge in [-0.1, -0.05) is 66.1 Å². The van der Waals surface area contributed by atoms with Gasteiger partial charge in [0.05, 0.1) is 5.69 Å². The topological polar surface area (TPSA) is 25.8 Å². The van der Waals surface area contributed by atoms with E-state index in [2.05, 4.69) is 66.7 Å². The summed E-state index contributed by atoms with van der Waals surface area (Å²) in [5.74, 6) is 0. The molecule has 0 unspecified atom stereocenters. The third-order valence-electron chi connectivity index (χ3n) is 5.62. The van der Waals surface area contributed by atoms with Gasteiger partial charge in [-0.05, 0) is 45.2 Å². The number of aromatic nitrogens is 2. The molecule has 3 heterocycles. The SMILES string of the molecule is c1cnc2c(c1)B(c1c3ccccc3cc3ccccc13)c1ncccc1-2. The van der Waals surface area contributed by atoms with Crippen molar-refractivity contribution in [2.45, 2.75) is 0 Å². The molecule has 1 aliphatic rings. The van der Waals surface area contributed by atoms with Crippen LogP contribution in [0, 0.1) is 0 Å². The second-order valence-electron chi connectivity index (χ2n) is 7.04. The van der Waals surface area contributed by atoms with Crippen LogP contribution in [-0.4, -0.2) is 16.7 Å². The Morgan fingerprint density at radius 1 is 0.630 bits per heavy atom. The van der Waals surface area contributed by atoms with Crippen LogP contribution in [0.15, 0.2) is 91.3 Å². The molecule has 0 spiro atoms. The third kappa shape index (κ3) is 2.03. The Morgan fingerprint density at radius 3 is 2.07 bits per heavy atom. The van der Waals surface area contributed by atoms with E-state index in [4.69, 9.17) is 9.97 Å². The minimum Gasteiger partial charge on any atom is -0.270 e. The number of benzene rings is 3. The normalized spacial score (nSPS) is 12.4. The van der Waals surface area contributed by atoms with E-state index in [-0.39, 0.29) is 6.71 Å². The molecule has 27 heavy (non-hydrogen) atoms. The Labute approximate surface area is 157 Å². The van der Waals surface area contributed by atoms with Crippen molar-refractivity contribution in [1.29, 1.82) is 0 Å². The van der Waals surface area contributed by atoms with Crippen molar-refractivity contribution in [3.8, 4) is 11.3 Å². The summed E-state index contributed by atoms with van der Waals surface area (Å²) in [6.45, 7) is 0.0981. The molecule has 2 aromatic heterocycles. The largest absolute Gasteiger partial charge is 0.270 e. The quantitative estimate of drug-likeness (QED) is 0.339. The molecule has 3 heteroatoms. The highest BCUT2D eigenvalue weighted by molar-refractivity contribution is 7.01. The van der Waals surface area contributed by atoms with Crippen LogP contribution in [0.4, 0.5) is 0 Å². The predicted molar refractivity (Wildman–Crippen MR) is 114 cm³/mol.